The van der Waals surface area contributed by atoms with E-state index in [2.05, 4.69) is 16.0 Å². The summed E-state index contributed by atoms with van der Waals surface area (Å²) in [5.41, 5.74) is -0.178. The molecule has 0 radical (unpaired) electrons. The number of benzene rings is 1. The number of furan rings is 1. The van der Waals surface area contributed by atoms with Gasteiger partial charge in [-0.3, -0.25) is 19.3 Å². The van der Waals surface area contributed by atoms with E-state index in [1.807, 2.05) is 39.8 Å². The third kappa shape index (κ3) is 4.30. The second-order valence-corrected chi connectivity index (χ2v) is 10.1. The smallest absolute Gasteiger partial charge is 0.262 e. The summed E-state index contributed by atoms with van der Waals surface area (Å²) in [5, 5.41) is 16.9. The van der Waals surface area contributed by atoms with Crippen LogP contribution in [0.25, 0.3) is 0 Å². The van der Waals surface area contributed by atoms with Crippen LogP contribution in [0.1, 0.15) is 54.3 Å². The van der Waals surface area contributed by atoms with Crippen molar-refractivity contribution in [3.05, 3.63) is 84.3 Å². The first-order valence-corrected chi connectivity index (χ1v) is 11.8. The van der Waals surface area contributed by atoms with Gasteiger partial charge in [0, 0.05) is 23.8 Å². The first-order valence-electron chi connectivity index (χ1n) is 11.4. The number of nitrogens with zero attached hydrogens (tertiary/aromatic N) is 1. The van der Waals surface area contributed by atoms with E-state index in [4.69, 9.17) is 21.4 Å². The van der Waals surface area contributed by atoms with Gasteiger partial charge in [0.25, 0.3) is 16.8 Å². The molecule has 0 bridgehead atoms. The van der Waals surface area contributed by atoms with Gasteiger partial charge in [0.2, 0.25) is 0 Å². The molecule has 4 rings (SSSR count). The highest BCUT2D eigenvalue weighted by atomic mass is 35.5. The molecule has 2 heterocycles. The Bertz CT molecular complexity index is 1460. The highest BCUT2D eigenvalue weighted by Crippen LogP contribution is 2.40. The molecule has 1 aromatic heterocycles. The van der Waals surface area contributed by atoms with Crippen LogP contribution >= 0.6 is 11.6 Å². The summed E-state index contributed by atoms with van der Waals surface area (Å²) in [4.78, 5) is 40.0. The van der Waals surface area contributed by atoms with Crippen molar-refractivity contribution in [2.24, 2.45) is 5.41 Å². The molecule has 1 aliphatic rings. The number of halogens is 1. The van der Waals surface area contributed by atoms with Crippen LogP contribution in [0.3, 0.4) is 0 Å². The average molecular weight is 510 g/mol. The predicted octanol–water partition coefficient (Wildman–Crippen LogP) is 4.45. The van der Waals surface area contributed by atoms with Gasteiger partial charge in [-0.2, -0.15) is 0 Å². The van der Waals surface area contributed by atoms with Crippen LogP contribution in [0.15, 0.2) is 50.2 Å². The number of amides is 1. The minimum Gasteiger partial charge on any atom is -0.464 e. The molecule has 0 saturated carbocycles. The Labute approximate surface area is 213 Å². The fourth-order valence-corrected chi connectivity index (χ4v) is 4.54. The fraction of sp³-hybridized carbons (Fsp3) is 0.308. The van der Waals surface area contributed by atoms with E-state index in [-0.39, 0.29) is 35.3 Å². The van der Waals surface area contributed by atoms with Crippen molar-refractivity contribution >= 4 is 40.8 Å². The van der Waals surface area contributed by atoms with Crippen LogP contribution in [-0.2, 0) is 6.54 Å². The quantitative estimate of drug-likeness (QED) is 0.261. The molecule has 0 aliphatic carbocycles. The zero-order valence-corrected chi connectivity index (χ0v) is 21.5. The number of hydrogen-bond donors (Lipinski definition) is 4. The highest BCUT2D eigenvalue weighted by molar-refractivity contribution is 6.32. The van der Waals surface area contributed by atoms with Gasteiger partial charge in [-0.15, -0.1) is 0 Å². The second-order valence-electron chi connectivity index (χ2n) is 9.73. The van der Waals surface area contributed by atoms with E-state index in [0.29, 0.717) is 33.4 Å². The molecular formula is C26H28ClN5O4. The molecular weight excluding hydrogens is 482 g/mol. The predicted molar refractivity (Wildman–Crippen MR) is 141 cm³/mol. The highest BCUT2D eigenvalue weighted by Gasteiger charge is 2.36. The van der Waals surface area contributed by atoms with Gasteiger partial charge in [0.1, 0.15) is 28.7 Å². The number of carbonyl (C=O) groups excluding carboxylic acids is 1. The number of nitrogens with one attached hydrogen (secondary N) is 4. The summed E-state index contributed by atoms with van der Waals surface area (Å²) in [6.45, 7) is 8.04. The van der Waals surface area contributed by atoms with Crippen LogP contribution in [-0.4, -0.2) is 24.1 Å². The Morgan fingerprint density at radius 3 is 2.42 bits per heavy atom. The van der Waals surface area contributed by atoms with Gasteiger partial charge in [0.05, 0.1) is 23.8 Å². The molecule has 9 nitrogen and oxygen atoms in total. The van der Waals surface area contributed by atoms with Crippen LogP contribution in [0.4, 0.5) is 17.1 Å². The van der Waals surface area contributed by atoms with Gasteiger partial charge in [-0.1, -0.05) is 32.4 Å². The largest absolute Gasteiger partial charge is 0.464 e. The number of carbonyl (C=O) groups is 1. The van der Waals surface area contributed by atoms with Crippen LogP contribution in [0, 0.1) is 17.7 Å². The molecule has 1 atom stereocenters. The van der Waals surface area contributed by atoms with Crippen molar-refractivity contribution < 1.29 is 9.21 Å². The SMILES string of the molecule is CN/C(=C\C=N)N1Cc2c(Cl)ccc(Nc3c(N[C@@H](c4ccc(C)o4)C(C)(C)C)c(=O)c3=O)c2C1=O. The summed E-state index contributed by atoms with van der Waals surface area (Å²) in [5.74, 6) is 1.48. The van der Waals surface area contributed by atoms with E-state index in [1.54, 1.807) is 19.2 Å². The molecule has 36 heavy (non-hydrogen) atoms. The van der Waals surface area contributed by atoms with Crippen LogP contribution in [0.5, 0.6) is 0 Å². The summed E-state index contributed by atoms with van der Waals surface area (Å²) in [7, 11) is 1.65. The lowest BCUT2D eigenvalue weighted by atomic mass is 9.85. The Balaban J connectivity index is 1.71. The third-order valence-electron chi connectivity index (χ3n) is 6.19. The van der Waals surface area contributed by atoms with Crippen molar-refractivity contribution in [1.82, 2.24) is 10.2 Å². The van der Waals surface area contributed by atoms with E-state index in [1.165, 1.54) is 11.0 Å². The maximum Gasteiger partial charge on any atom is 0.262 e. The monoisotopic (exact) mass is 509 g/mol. The lowest BCUT2D eigenvalue weighted by Crippen LogP contribution is -2.39. The van der Waals surface area contributed by atoms with Gasteiger partial charge in [-0.25, -0.2) is 0 Å². The first-order chi connectivity index (χ1) is 17.0. The van der Waals surface area contributed by atoms with Gasteiger partial charge >= 0.3 is 0 Å². The lowest BCUT2D eigenvalue weighted by Gasteiger charge is -2.31. The topological polar surface area (TPSA) is 128 Å². The third-order valence-corrected chi connectivity index (χ3v) is 6.54. The Hall–Kier alpha value is -3.85. The summed E-state index contributed by atoms with van der Waals surface area (Å²) < 4.78 is 5.82. The zero-order valence-electron chi connectivity index (χ0n) is 20.7. The van der Waals surface area contributed by atoms with Crippen LogP contribution in [0.2, 0.25) is 5.02 Å². The first kappa shape index (κ1) is 25.2. The van der Waals surface area contributed by atoms with Crippen molar-refractivity contribution in [2.75, 3.05) is 17.7 Å². The molecule has 0 saturated heterocycles. The van der Waals surface area contributed by atoms with Crippen LogP contribution < -0.4 is 26.8 Å². The molecule has 0 unspecified atom stereocenters. The summed E-state index contributed by atoms with van der Waals surface area (Å²) in [6, 6.07) is 6.56. The van der Waals surface area contributed by atoms with E-state index in [9.17, 15) is 14.4 Å². The molecule has 2 aromatic carbocycles. The Morgan fingerprint density at radius 2 is 1.83 bits per heavy atom. The molecule has 0 spiro atoms. The zero-order chi connectivity index (χ0) is 26.4. The maximum absolute atomic E-state index is 13.3. The molecule has 0 fully saturated rings. The molecule has 10 heteroatoms. The van der Waals surface area contributed by atoms with Gasteiger partial charge < -0.3 is 25.8 Å². The molecule has 1 aliphatic heterocycles. The summed E-state index contributed by atoms with van der Waals surface area (Å²) in [6.07, 6.45) is 2.54. The number of aryl methyl sites for hydroxylation is 1. The second kappa shape index (κ2) is 9.31. The minimum absolute atomic E-state index is 0.0807. The standard InChI is InChI=1S/C26H28ClN5O4/c1-13-6-9-17(36-13)24(26(2,3)4)31-21-20(22(33)23(21)34)30-16-8-7-15(27)14-12-32(25(35)19(14)16)18(29-5)10-11-28/h6-11,24,28-31H,12H2,1-5H3/b18-10+,28-11?/t24-/m0/s1. The van der Waals surface area contributed by atoms with Gasteiger partial charge in [-0.05, 0) is 42.7 Å². The molecule has 3 aromatic rings. The normalized spacial score (nSPS) is 14.7. The van der Waals surface area contributed by atoms with Crippen molar-refractivity contribution in [1.29, 1.82) is 5.41 Å². The summed E-state index contributed by atoms with van der Waals surface area (Å²) >= 11 is 6.40. The Kier molecular flexibility index (Phi) is 6.53. The molecule has 4 N–H and O–H groups in total. The van der Waals surface area contributed by atoms with Crippen molar-refractivity contribution in [3.8, 4) is 0 Å². The van der Waals surface area contributed by atoms with Crippen molar-refractivity contribution in [3.63, 3.8) is 0 Å². The van der Waals surface area contributed by atoms with E-state index >= 15 is 0 Å². The van der Waals surface area contributed by atoms with Crippen molar-refractivity contribution in [2.45, 2.75) is 40.3 Å². The minimum atomic E-state index is -0.675. The lowest BCUT2D eigenvalue weighted by molar-refractivity contribution is 0.0819. The number of fused-ring (bicyclic) bond motifs is 1. The Morgan fingerprint density at radius 1 is 1.14 bits per heavy atom. The number of anilines is 3. The van der Waals surface area contributed by atoms with Gasteiger partial charge in [0.15, 0.2) is 0 Å². The number of allylic oxidation sites excluding steroid dienone is 1. The molecule has 188 valence electrons. The average Bonchev–Trinajstić information content (AvgIpc) is 3.41. The fourth-order valence-electron chi connectivity index (χ4n) is 4.32. The van der Waals surface area contributed by atoms with E-state index in [0.717, 1.165) is 12.0 Å². The maximum atomic E-state index is 13.3. The van der Waals surface area contributed by atoms with E-state index < -0.39 is 10.9 Å². The number of rotatable bonds is 8. The molecule has 1 amide bonds. The number of hydrogen-bond acceptors (Lipinski definition) is 8.